The van der Waals surface area contributed by atoms with Gasteiger partial charge in [-0.25, -0.2) is 0 Å². The van der Waals surface area contributed by atoms with Crippen molar-refractivity contribution in [3.05, 3.63) is 29.8 Å². The number of piperidine rings is 1. The molecule has 3 rings (SSSR count). The van der Waals surface area contributed by atoms with Gasteiger partial charge in [0.15, 0.2) is 0 Å². The van der Waals surface area contributed by atoms with Gasteiger partial charge in [0.05, 0.1) is 12.0 Å². The second kappa shape index (κ2) is 7.46. The Kier molecular flexibility index (Phi) is 5.49. The first-order chi connectivity index (χ1) is 12.0. The Bertz CT molecular complexity index is 642. The molecule has 1 spiro atoms. The van der Waals surface area contributed by atoms with E-state index in [1.54, 1.807) is 14.0 Å². The van der Waals surface area contributed by atoms with Crippen LogP contribution >= 0.6 is 23.4 Å². The average molecular weight is 383 g/mol. The van der Waals surface area contributed by atoms with Crippen LogP contribution in [0.4, 0.5) is 0 Å². The standard InChI is InChI=1S/C18H23ClN2O3S/c1-13(19)16(22)20-9-7-18(8-10-20)21(11-12-25-18)17(23)14-3-5-15(24-2)6-4-14/h3-6,13H,7-12H2,1-2H3. The van der Waals surface area contributed by atoms with Crippen molar-refractivity contribution in [3.63, 3.8) is 0 Å². The highest BCUT2D eigenvalue weighted by atomic mass is 35.5. The van der Waals surface area contributed by atoms with E-state index in [9.17, 15) is 9.59 Å². The maximum absolute atomic E-state index is 13.0. The van der Waals surface area contributed by atoms with Gasteiger partial charge in [-0.1, -0.05) is 0 Å². The number of alkyl halides is 1. The van der Waals surface area contributed by atoms with Gasteiger partial charge in [-0.2, -0.15) is 0 Å². The number of ether oxygens (including phenoxy) is 1. The van der Waals surface area contributed by atoms with Crippen LogP contribution in [0, 0.1) is 0 Å². The first-order valence-electron chi connectivity index (χ1n) is 8.50. The molecule has 1 aromatic carbocycles. The fourth-order valence-electron chi connectivity index (χ4n) is 3.53. The molecule has 2 fully saturated rings. The summed E-state index contributed by atoms with van der Waals surface area (Å²) in [4.78, 5) is 28.7. The average Bonchev–Trinajstić information content (AvgIpc) is 3.04. The zero-order valence-electron chi connectivity index (χ0n) is 14.5. The lowest BCUT2D eigenvalue weighted by Crippen LogP contribution is -2.54. The predicted molar refractivity (Wildman–Crippen MR) is 100 cm³/mol. The summed E-state index contributed by atoms with van der Waals surface area (Å²) in [6.45, 7) is 3.75. The number of likely N-dealkylation sites (tertiary alicyclic amines) is 1. The Morgan fingerprint density at radius 2 is 1.84 bits per heavy atom. The van der Waals surface area contributed by atoms with E-state index in [2.05, 4.69) is 0 Å². The number of amides is 2. The van der Waals surface area contributed by atoms with Crippen LogP contribution in [-0.2, 0) is 4.79 Å². The Labute approximate surface area is 157 Å². The predicted octanol–water partition coefficient (Wildman–Crippen LogP) is 2.83. The van der Waals surface area contributed by atoms with E-state index in [1.807, 2.05) is 45.8 Å². The SMILES string of the molecule is COc1ccc(C(=O)N2CCSC23CCN(C(=O)C(C)Cl)CC3)cc1. The Hall–Kier alpha value is -1.40. The van der Waals surface area contributed by atoms with Crippen LogP contribution in [0.15, 0.2) is 24.3 Å². The summed E-state index contributed by atoms with van der Waals surface area (Å²) in [6, 6.07) is 7.25. The minimum Gasteiger partial charge on any atom is -0.497 e. The molecule has 0 radical (unpaired) electrons. The highest BCUT2D eigenvalue weighted by Gasteiger charge is 2.47. The molecule has 1 unspecified atom stereocenters. The fourth-order valence-corrected chi connectivity index (χ4v) is 5.12. The number of methoxy groups -OCH3 is 1. The zero-order valence-corrected chi connectivity index (χ0v) is 16.1. The number of benzene rings is 1. The second-order valence-corrected chi connectivity index (χ2v) is 8.53. The lowest BCUT2D eigenvalue weighted by atomic mass is 10.0. The monoisotopic (exact) mass is 382 g/mol. The molecule has 2 aliphatic rings. The molecule has 136 valence electrons. The summed E-state index contributed by atoms with van der Waals surface area (Å²) in [5.74, 6) is 1.71. The molecule has 0 aliphatic carbocycles. The van der Waals surface area contributed by atoms with Crippen LogP contribution in [0.25, 0.3) is 0 Å². The van der Waals surface area contributed by atoms with E-state index >= 15 is 0 Å². The number of carbonyl (C=O) groups is 2. The summed E-state index contributed by atoms with van der Waals surface area (Å²) in [6.07, 6.45) is 1.57. The Morgan fingerprint density at radius 3 is 2.40 bits per heavy atom. The summed E-state index contributed by atoms with van der Waals surface area (Å²) in [5.41, 5.74) is 0.676. The van der Waals surface area contributed by atoms with Crippen molar-refractivity contribution in [3.8, 4) is 5.75 Å². The summed E-state index contributed by atoms with van der Waals surface area (Å²) in [7, 11) is 1.61. The molecular weight excluding hydrogens is 360 g/mol. The Balaban J connectivity index is 1.72. The molecule has 2 heterocycles. The maximum Gasteiger partial charge on any atom is 0.255 e. The van der Waals surface area contributed by atoms with Crippen molar-refractivity contribution < 1.29 is 14.3 Å². The molecule has 1 atom stereocenters. The third kappa shape index (κ3) is 3.60. The molecule has 0 N–H and O–H groups in total. The van der Waals surface area contributed by atoms with Crippen LogP contribution in [0.5, 0.6) is 5.75 Å². The minimum absolute atomic E-state index is 0.0208. The lowest BCUT2D eigenvalue weighted by molar-refractivity contribution is -0.132. The smallest absolute Gasteiger partial charge is 0.255 e. The van der Waals surface area contributed by atoms with Crippen LogP contribution in [0.1, 0.15) is 30.1 Å². The number of thioether (sulfide) groups is 1. The molecule has 2 saturated heterocycles. The number of carbonyl (C=O) groups excluding carboxylic acids is 2. The van der Waals surface area contributed by atoms with Crippen LogP contribution < -0.4 is 4.74 Å². The normalized spacial score (nSPS) is 20.6. The number of rotatable bonds is 3. The number of hydrogen-bond donors (Lipinski definition) is 0. The van der Waals surface area contributed by atoms with Gasteiger partial charge in [0.2, 0.25) is 5.91 Å². The van der Waals surface area contributed by atoms with E-state index in [0.717, 1.165) is 30.9 Å². The van der Waals surface area contributed by atoms with Crippen molar-refractivity contribution in [2.45, 2.75) is 30.0 Å². The van der Waals surface area contributed by atoms with E-state index in [1.165, 1.54) is 0 Å². The van der Waals surface area contributed by atoms with Gasteiger partial charge < -0.3 is 14.5 Å². The molecule has 2 amide bonds. The van der Waals surface area contributed by atoms with E-state index in [-0.39, 0.29) is 16.7 Å². The van der Waals surface area contributed by atoms with Gasteiger partial charge in [-0.15, -0.1) is 23.4 Å². The van der Waals surface area contributed by atoms with Crippen molar-refractivity contribution >= 4 is 35.2 Å². The van der Waals surface area contributed by atoms with Gasteiger partial charge in [-0.05, 0) is 44.0 Å². The number of nitrogens with zero attached hydrogens (tertiary/aromatic N) is 2. The Morgan fingerprint density at radius 1 is 1.20 bits per heavy atom. The molecule has 7 heteroatoms. The first kappa shape index (κ1) is 18.4. The summed E-state index contributed by atoms with van der Waals surface area (Å²) >= 11 is 7.76. The highest BCUT2D eigenvalue weighted by molar-refractivity contribution is 8.00. The topological polar surface area (TPSA) is 49.9 Å². The van der Waals surface area contributed by atoms with Crippen molar-refractivity contribution in [1.29, 1.82) is 0 Å². The molecule has 0 aromatic heterocycles. The zero-order chi connectivity index (χ0) is 18.0. The van der Waals surface area contributed by atoms with Crippen molar-refractivity contribution in [2.24, 2.45) is 0 Å². The van der Waals surface area contributed by atoms with Gasteiger partial charge in [0, 0.05) is 31.0 Å². The van der Waals surface area contributed by atoms with Crippen molar-refractivity contribution in [1.82, 2.24) is 9.80 Å². The molecule has 5 nitrogen and oxygen atoms in total. The molecule has 25 heavy (non-hydrogen) atoms. The fraction of sp³-hybridized carbons (Fsp3) is 0.556. The first-order valence-corrected chi connectivity index (χ1v) is 9.92. The van der Waals surface area contributed by atoms with Gasteiger partial charge in [0.25, 0.3) is 5.91 Å². The third-order valence-corrected chi connectivity index (χ3v) is 6.70. The van der Waals surface area contributed by atoms with Crippen molar-refractivity contribution in [2.75, 3.05) is 32.5 Å². The third-order valence-electron chi connectivity index (χ3n) is 4.96. The van der Waals surface area contributed by atoms with Crippen LogP contribution in [0.2, 0.25) is 0 Å². The molecule has 0 bridgehead atoms. The van der Waals surface area contributed by atoms with Crippen LogP contribution in [-0.4, -0.2) is 64.4 Å². The quantitative estimate of drug-likeness (QED) is 0.754. The number of halogens is 1. The minimum atomic E-state index is -0.498. The van der Waals surface area contributed by atoms with E-state index in [0.29, 0.717) is 18.7 Å². The molecule has 1 aromatic rings. The highest BCUT2D eigenvalue weighted by Crippen LogP contribution is 2.44. The maximum atomic E-state index is 13.0. The molecule has 2 aliphatic heterocycles. The van der Waals surface area contributed by atoms with Crippen LogP contribution in [0.3, 0.4) is 0 Å². The number of hydrogen-bond acceptors (Lipinski definition) is 4. The lowest BCUT2D eigenvalue weighted by Gasteiger charge is -2.44. The molecule has 0 saturated carbocycles. The van der Waals surface area contributed by atoms with Gasteiger partial charge >= 0.3 is 0 Å². The van der Waals surface area contributed by atoms with Gasteiger partial charge in [-0.3, -0.25) is 9.59 Å². The van der Waals surface area contributed by atoms with E-state index < -0.39 is 5.38 Å². The van der Waals surface area contributed by atoms with E-state index in [4.69, 9.17) is 16.3 Å². The molecular formula is C18H23ClN2O3S. The summed E-state index contributed by atoms with van der Waals surface area (Å²) in [5, 5.41) is -0.498. The summed E-state index contributed by atoms with van der Waals surface area (Å²) < 4.78 is 5.16. The largest absolute Gasteiger partial charge is 0.497 e. The second-order valence-electron chi connectivity index (χ2n) is 6.42. The van der Waals surface area contributed by atoms with Gasteiger partial charge in [0.1, 0.15) is 11.1 Å².